The molecule has 0 aliphatic carbocycles. The summed E-state index contributed by atoms with van der Waals surface area (Å²) in [6.07, 6.45) is 5.22. The van der Waals surface area contributed by atoms with Crippen LogP contribution < -0.4 is 9.47 Å². The summed E-state index contributed by atoms with van der Waals surface area (Å²) in [4.78, 5) is 19.1. The molecule has 0 bridgehead atoms. The third-order valence-corrected chi connectivity index (χ3v) is 4.56. The van der Waals surface area contributed by atoms with Crippen LogP contribution in [0.25, 0.3) is 0 Å². The first-order valence-corrected chi connectivity index (χ1v) is 9.01. The van der Waals surface area contributed by atoms with E-state index in [0.717, 1.165) is 24.0 Å². The normalized spacial score (nSPS) is 10.7. The molecule has 0 aliphatic rings. The number of aromatic nitrogens is 1. The number of rotatable bonds is 9. The summed E-state index contributed by atoms with van der Waals surface area (Å²) in [5, 5.41) is 0. The minimum atomic E-state index is 0.0341. The standard InChI is InChI=1S/C21H28N2O3/c1-5-18(6-2)21(24)23(15-17-8-7-11-22-13-17)14-16-9-10-19(25-3)20(12-16)26-4/h7-13,18H,5-6,14-15H2,1-4H3. The molecule has 26 heavy (non-hydrogen) atoms. The first kappa shape index (κ1) is 19.8. The van der Waals surface area contributed by atoms with Gasteiger partial charge in [-0.25, -0.2) is 0 Å². The average Bonchev–Trinajstić information content (AvgIpc) is 2.69. The van der Waals surface area contributed by atoms with Gasteiger partial charge >= 0.3 is 0 Å². The number of amides is 1. The van der Waals surface area contributed by atoms with E-state index in [1.165, 1.54) is 0 Å². The van der Waals surface area contributed by atoms with Crippen LogP contribution in [0.3, 0.4) is 0 Å². The molecule has 1 amide bonds. The van der Waals surface area contributed by atoms with Crippen molar-refractivity contribution in [1.82, 2.24) is 9.88 Å². The predicted molar refractivity (Wildman–Crippen MR) is 102 cm³/mol. The molecule has 0 atom stereocenters. The van der Waals surface area contributed by atoms with Gasteiger partial charge in [0.05, 0.1) is 14.2 Å². The number of methoxy groups -OCH3 is 2. The zero-order valence-electron chi connectivity index (χ0n) is 16.1. The van der Waals surface area contributed by atoms with Crippen LogP contribution in [0.2, 0.25) is 0 Å². The second-order valence-electron chi connectivity index (χ2n) is 6.26. The zero-order chi connectivity index (χ0) is 18.9. The third-order valence-electron chi connectivity index (χ3n) is 4.56. The van der Waals surface area contributed by atoms with Gasteiger partial charge in [-0.3, -0.25) is 9.78 Å². The van der Waals surface area contributed by atoms with Crippen LogP contribution in [-0.4, -0.2) is 30.0 Å². The summed E-state index contributed by atoms with van der Waals surface area (Å²) in [6.45, 7) is 5.18. The van der Waals surface area contributed by atoms with Gasteiger partial charge in [-0.15, -0.1) is 0 Å². The summed E-state index contributed by atoms with van der Waals surface area (Å²) in [5.74, 6) is 1.56. The van der Waals surface area contributed by atoms with Crippen molar-refractivity contribution in [1.29, 1.82) is 0 Å². The number of carbonyl (C=O) groups is 1. The van der Waals surface area contributed by atoms with Gasteiger partial charge in [-0.2, -0.15) is 0 Å². The lowest BCUT2D eigenvalue weighted by molar-refractivity contribution is -0.137. The van der Waals surface area contributed by atoms with Crippen LogP contribution in [0.4, 0.5) is 0 Å². The van der Waals surface area contributed by atoms with E-state index in [4.69, 9.17) is 9.47 Å². The van der Waals surface area contributed by atoms with Crippen LogP contribution in [0.5, 0.6) is 11.5 Å². The van der Waals surface area contributed by atoms with E-state index in [-0.39, 0.29) is 11.8 Å². The Balaban J connectivity index is 2.27. The molecule has 5 heteroatoms. The summed E-state index contributed by atoms with van der Waals surface area (Å²) in [5.41, 5.74) is 2.03. The highest BCUT2D eigenvalue weighted by Gasteiger charge is 2.22. The number of ether oxygens (including phenoxy) is 2. The van der Waals surface area contributed by atoms with Gasteiger partial charge in [-0.1, -0.05) is 26.0 Å². The number of pyridine rings is 1. The maximum Gasteiger partial charge on any atom is 0.226 e. The van der Waals surface area contributed by atoms with Gasteiger partial charge in [-0.05, 0) is 42.2 Å². The Labute approximate surface area is 156 Å². The molecule has 0 N–H and O–H groups in total. The van der Waals surface area contributed by atoms with Crippen molar-refractivity contribution in [2.24, 2.45) is 5.92 Å². The number of hydrogen-bond acceptors (Lipinski definition) is 4. The van der Waals surface area contributed by atoms with Crippen LogP contribution in [0.15, 0.2) is 42.7 Å². The molecule has 1 heterocycles. The maximum atomic E-state index is 13.0. The van der Waals surface area contributed by atoms with Crippen molar-refractivity contribution in [2.45, 2.75) is 39.8 Å². The minimum absolute atomic E-state index is 0.0341. The summed E-state index contributed by atoms with van der Waals surface area (Å²) in [7, 11) is 3.23. The Kier molecular flexibility index (Phi) is 7.45. The Morgan fingerprint density at radius 2 is 1.73 bits per heavy atom. The molecule has 0 spiro atoms. The lowest BCUT2D eigenvalue weighted by Crippen LogP contribution is -2.35. The molecular formula is C21H28N2O3. The number of nitrogens with zero attached hydrogens (tertiary/aromatic N) is 2. The van der Waals surface area contributed by atoms with Gasteiger partial charge in [0, 0.05) is 31.4 Å². The smallest absolute Gasteiger partial charge is 0.226 e. The highest BCUT2D eigenvalue weighted by molar-refractivity contribution is 5.78. The number of benzene rings is 1. The van der Waals surface area contributed by atoms with Crippen molar-refractivity contribution in [3.63, 3.8) is 0 Å². The SMILES string of the molecule is CCC(CC)C(=O)N(Cc1cccnc1)Cc1ccc(OC)c(OC)c1. The van der Waals surface area contributed by atoms with Gasteiger partial charge in [0.15, 0.2) is 11.5 Å². The van der Waals surface area contributed by atoms with Crippen molar-refractivity contribution in [3.05, 3.63) is 53.9 Å². The van der Waals surface area contributed by atoms with E-state index in [0.29, 0.717) is 24.6 Å². The van der Waals surface area contributed by atoms with Crippen molar-refractivity contribution in [3.8, 4) is 11.5 Å². The minimum Gasteiger partial charge on any atom is -0.493 e. The maximum absolute atomic E-state index is 13.0. The van der Waals surface area contributed by atoms with Gasteiger partial charge in [0.2, 0.25) is 5.91 Å². The molecule has 2 aromatic rings. The molecule has 0 radical (unpaired) electrons. The molecule has 0 aliphatic heterocycles. The first-order chi connectivity index (χ1) is 12.6. The monoisotopic (exact) mass is 356 g/mol. The van der Waals surface area contributed by atoms with Gasteiger partial charge in [0.1, 0.15) is 0 Å². The van der Waals surface area contributed by atoms with Gasteiger partial charge < -0.3 is 14.4 Å². The van der Waals surface area contributed by atoms with E-state index in [2.05, 4.69) is 18.8 Å². The highest BCUT2D eigenvalue weighted by Crippen LogP contribution is 2.28. The van der Waals surface area contributed by atoms with Crippen LogP contribution in [0.1, 0.15) is 37.8 Å². The number of hydrogen-bond donors (Lipinski definition) is 0. The van der Waals surface area contributed by atoms with Crippen molar-refractivity contribution >= 4 is 5.91 Å². The fraction of sp³-hybridized carbons (Fsp3) is 0.429. The van der Waals surface area contributed by atoms with Crippen LogP contribution in [0, 0.1) is 5.92 Å². The molecule has 5 nitrogen and oxygen atoms in total. The molecule has 0 saturated carbocycles. The van der Waals surface area contributed by atoms with Crippen LogP contribution >= 0.6 is 0 Å². The second kappa shape index (κ2) is 9.80. The molecule has 1 aromatic carbocycles. The van der Waals surface area contributed by atoms with E-state index >= 15 is 0 Å². The van der Waals surface area contributed by atoms with E-state index < -0.39 is 0 Å². The molecule has 0 saturated heterocycles. The fourth-order valence-electron chi connectivity index (χ4n) is 3.02. The Hall–Kier alpha value is -2.56. The van der Waals surface area contributed by atoms with Crippen molar-refractivity contribution in [2.75, 3.05) is 14.2 Å². The molecular weight excluding hydrogens is 328 g/mol. The Bertz CT molecular complexity index is 700. The Morgan fingerprint density at radius 1 is 1.04 bits per heavy atom. The molecule has 140 valence electrons. The van der Waals surface area contributed by atoms with Crippen molar-refractivity contribution < 1.29 is 14.3 Å². The lowest BCUT2D eigenvalue weighted by atomic mass is 10.0. The quantitative estimate of drug-likeness (QED) is 0.680. The largest absolute Gasteiger partial charge is 0.493 e. The molecule has 2 rings (SSSR count). The van der Waals surface area contributed by atoms with Crippen LogP contribution in [-0.2, 0) is 17.9 Å². The summed E-state index contributed by atoms with van der Waals surface area (Å²) >= 11 is 0. The molecule has 1 aromatic heterocycles. The fourth-order valence-corrected chi connectivity index (χ4v) is 3.02. The summed E-state index contributed by atoms with van der Waals surface area (Å²) < 4.78 is 10.7. The van der Waals surface area contributed by atoms with E-state index in [1.807, 2.05) is 41.4 Å². The lowest BCUT2D eigenvalue weighted by Gasteiger charge is -2.27. The highest BCUT2D eigenvalue weighted by atomic mass is 16.5. The third kappa shape index (κ3) is 4.97. The first-order valence-electron chi connectivity index (χ1n) is 9.01. The topological polar surface area (TPSA) is 51.7 Å². The molecule has 0 fully saturated rings. The zero-order valence-corrected chi connectivity index (χ0v) is 16.1. The van der Waals surface area contributed by atoms with E-state index in [1.54, 1.807) is 20.4 Å². The average molecular weight is 356 g/mol. The van der Waals surface area contributed by atoms with Gasteiger partial charge in [0.25, 0.3) is 0 Å². The molecule has 0 unspecified atom stereocenters. The predicted octanol–water partition coefficient (Wildman–Crippen LogP) is 4.06. The number of carbonyl (C=O) groups excluding carboxylic acids is 1. The second-order valence-corrected chi connectivity index (χ2v) is 6.26. The van der Waals surface area contributed by atoms with E-state index in [9.17, 15) is 4.79 Å². The Morgan fingerprint density at radius 3 is 2.31 bits per heavy atom. The summed E-state index contributed by atoms with van der Waals surface area (Å²) in [6, 6.07) is 9.66.